The lowest BCUT2D eigenvalue weighted by Crippen LogP contribution is -2.30. The summed E-state index contributed by atoms with van der Waals surface area (Å²) in [5, 5.41) is 26.9. The van der Waals surface area contributed by atoms with Crippen LogP contribution < -0.4 is 5.32 Å². The van der Waals surface area contributed by atoms with Crippen molar-refractivity contribution in [3.8, 4) is 12.3 Å². The van der Waals surface area contributed by atoms with Gasteiger partial charge in [0.2, 0.25) is 5.82 Å². The lowest BCUT2D eigenvalue weighted by atomic mass is 10.2. The van der Waals surface area contributed by atoms with Crippen molar-refractivity contribution >= 4 is 17.5 Å². The van der Waals surface area contributed by atoms with Crippen LogP contribution in [-0.4, -0.2) is 31.8 Å². The Kier molecular flexibility index (Phi) is 4.69. The van der Waals surface area contributed by atoms with E-state index in [-0.39, 0.29) is 29.7 Å². The molecule has 0 aromatic carbocycles. The molecule has 108 valence electrons. The van der Waals surface area contributed by atoms with Gasteiger partial charge in [0.25, 0.3) is 0 Å². The molecule has 0 saturated carbocycles. The van der Waals surface area contributed by atoms with Crippen molar-refractivity contribution < 1.29 is 14.8 Å². The Labute approximate surface area is 115 Å². The van der Waals surface area contributed by atoms with Gasteiger partial charge in [-0.15, -0.1) is 12.3 Å². The number of hydrogen-bond acceptors (Lipinski definition) is 5. The lowest BCUT2D eigenvalue weighted by Gasteiger charge is -2.15. The molecule has 8 heteroatoms. The van der Waals surface area contributed by atoms with Crippen molar-refractivity contribution in [2.75, 3.05) is 5.32 Å². The Bertz CT molecular complexity index is 571. The fraction of sp³-hybridized carbons (Fsp3) is 0.500. The van der Waals surface area contributed by atoms with Crippen LogP contribution in [0.2, 0.25) is 0 Å². The van der Waals surface area contributed by atoms with Crippen LogP contribution in [-0.2, 0) is 4.79 Å². The van der Waals surface area contributed by atoms with E-state index in [1.54, 1.807) is 13.8 Å². The molecule has 0 spiro atoms. The number of nitrogens with one attached hydrogen (secondary N) is 1. The van der Waals surface area contributed by atoms with Gasteiger partial charge in [0.05, 0.1) is 4.92 Å². The number of hydrogen-bond donors (Lipinski definition) is 2. The van der Waals surface area contributed by atoms with Crippen LogP contribution in [0.25, 0.3) is 0 Å². The largest absolute Gasteiger partial charge is 0.480 e. The molecule has 1 aromatic rings. The van der Waals surface area contributed by atoms with Crippen molar-refractivity contribution in [3.05, 3.63) is 15.8 Å². The number of nitrogens with zero attached hydrogens (tertiary/aromatic N) is 3. The number of nitro groups is 1. The average molecular weight is 280 g/mol. The molecule has 1 unspecified atom stereocenters. The maximum absolute atomic E-state index is 11.1. The first-order valence-electron chi connectivity index (χ1n) is 5.95. The Morgan fingerprint density at radius 3 is 2.65 bits per heavy atom. The summed E-state index contributed by atoms with van der Waals surface area (Å²) < 4.78 is 1.39. The summed E-state index contributed by atoms with van der Waals surface area (Å²) in [5.41, 5.74) is -0.0157. The predicted molar refractivity (Wildman–Crippen MR) is 72.5 cm³/mol. The van der Waals surface area contributed by atoms with Crippen molar-refractivity contribution in [1.82, 2.24) is 9.78 Å². The summed E-state index contributed by atoms with van der Waals surface area (Å²) in [6, 6.07) is -1.27. The molecule has 0 amide bonds. The fourth-order valence-corrected chi connectivity index (χ4v) is 1.75. The second-order valence-electron chi connectivity index (χ2n) is 4.52. The van der Waals surface area contributed by atoms with Gasteiger partial charge >= 0.3 is 11.7 Å². The smallest absolute Gasteiger partial charge is 0.333 e. The molecule has 1 rings (SSSR count). The minimum Gasteiger partial charge on any atom is -0.480 e. The van der Waals surface area contributed by atoms with E-state index in [1.807, 2.05) is 0 Å². The van der Waals surface area contributed by atoms with Crippen molar-refractivity contribution in [1.29, 1.82) is 0 Å². The summed E-state index contributed by atoms with van der Waals surface area (Å²) in [5.74, 6) is 1.12. The molecule has 1 heterocycles. The zero-order valence-corrected chi connectivity index (χ0v) is 11.5. The van der Waals surface area contributed by atoms with Crippen LogP contribution in [0.15, 0.2) is 0 Å². The van der Waals surface area contributed by atoms with E-state index >= 15 is 0 Å². The highest BCUT2D eigenvalue weighted by Gasteiger charge is 2.29. The summed E-state index contributed by atoms with van der Waals surface area (Å²) in [6.45, 7) is 5.08. The fourth-order valence-electron chi connectivity index (χ4n) is 1.75. The second kappa shape index (κ2) is 6.06. The Morgan fingerprint density at radius 2 is 2.25 bits per heavy atom. The zero-order valence-electron chi connectivity index (χ0n) is 11.5. The van der Waals surface area contributed by atoms with Crippen molar-refractivity contribution in [2.24, 2.45) is 0 Å². The number of carboxylic acid groups (broad SMARTS) is 1. The number of aromatic nitrogens is 2. The Hall–Kier alpha value is -2.56. The first-order chi connectivity index (χ1) is 9.29. The summed E-state index contributed by atoms with van der Waals surface area (Å²) in [6.07, 6.45) is 5.02. The van der Waals surface area contributed by atoms with Gasteiger partial charge in [-0.05, 0) is 20.8 Å². The SMILES string of the molecule is C#CCC(Nc1c([N+](=O)[O-])c(C)nn1C(C)C)C(=O)O. The van der Waals surface area contributed by atoms with Crippen molar-refractivity contribution in [3.63, 3.8) is 0 Å². The summed E-state index contributed by atoms with van der Waals surface area (Å²) in [4.78, 5) is 21.6. The topological polar surface area (TPSA) is 110 Å². The molecule has 0 aliphatic carbocycles. The second-order valence-corrected chi connectivity index (χ2v) is 4.52. The van der Waals surface area contributed by atoms with E-state index in [2.05, 4.69) is 16.3 Å². The third-order valence-electron chi connectivity index (χ3n) is 2.66. The maximum atomic E-state index is 11.1. The molecular weight excluding hydrogens is 264 g/mol. The lowest BCUT2D eigenvalue weighted by molar-refractivity contribution is -0.384. The molecule has 0 saturated heterocycles. The van der Waals surface area contributed by atoms with Gasteiger partial charge in [0.15, 0.2) is 0 Å². The molecule has 2 N–H and O–H groups in total. The highest BCUT2D eigenvalue weighted by molar-refractivity contribution is 5.78. The van der Waals surface area contributed by atoms with E-state index < -0.39 is 16.9 Å². The van der Waals surface area contributed by atoms with Gasteiger partial charge in [-0.25, -0.2) is 9.48 Å². The van der Waals surface area contributed by atoms with Gasteiger partial charge < -0.3 is 10.4 Å². The van der Waals surface area contributed by atoms with Crippen LogP contribution in [0, 0.1) is 29.4 Å². The number of anilines is 1. The maximum Gasteiger partial charge on any atom is 0.333 e. The van der Waals surface area contributed by atoms with E-state index in [9.17, 15) is 14.9 Å². The number of aryl methyl sites for hydroxylation is 1. The third-order valence-corrected chi connectivity index (χ3v) is 2.66. The molecule has 0 aliphatic rings. The molecule has 0 aliphatic heterocycles. The van der Waals surface area contributed by atoms with Crippen LogP contribution in [0.4, 0.5) is 11.5 Å². The first-order valence-corrected chi connectivity index (χ1v) is 5.95. The molecule has 0 radical (unpaired) electrons. The minimum absolute atomic E-state index is 0.0603. The molecule has 1 atom stereocenters. The van der Waals surface area contributed by atoms with E-state index in [0.29, 0.717) is 0 Å². The number of terminal acetylenes is 1. The monoisotopic (exact) mass is 280 g/mol. The number of aliphatic carboxylic acids is 1. The normalized spacial score (nSPS) is 11.9. The van der Waals surface area contributed by atoms with E-state index in [4.69, 9.17) is 11.5 Å². The number of carbonyl (C=O) groups is 1. The van der Waals surface area contributed by atoms with Crippen LogP contribution >= 0.6 is 0 Å². The van der Waals surface area contributed by atoms with Crippen LogP contribution in [0.3, 0.4) is 0 Å². The van der Waals surface area contributed by atoms with E-state index in [1.165, 1.54) is 11.6 Å². The predicted octanol–water partition coefficient (Wildman–Crippen LogP) is 1.57. The molecule has 8 nitrogen and oxygen atoms in total. The van der Waals surface area contributed by atoms with Gasteiger partial charge in [-0.2, -0.15) is 5.10 Å². The molecule has 0 fully saturated rings. The minimum atomic E-state index is -1.17. The zero-order chi connectivity index (χ0) is 15.4. The first kappa shape index (κ1) is 15.5. The quantitative estimate of drug-likeness (QED) is 0.465. The molecule has 20 heavy (non-hydrogen) atoms. The van der Waals surface area contributed by atoms with Crippen molar-refractivity contribution in [2.45, 2.75) is 39.3 Å². The summed E-state index contributed by atoms with van der Waals surface area (Å²) >= 11 is 0. The molecular formula is C12H16N4O4. The van der Waals surface area contributed by atoms with Crippen LogP contribution in [0.1, 0.15) is 32.0 Å². The Balaban J connectivity index is 3.30. The Morgan fingerprint density at radius 1 is 1.65 bits per heavy atom. The van der Waals surface area contributed by atoms with Gasteiger partial charge in [-0.3, -0.25) is 10.1 Å². The molecule has 1 aromatic heterocycles. The van der Waals surface area contributed by atoms with Crippen LogP contribution in [0.5, 0.6) is 0 Å². The van der Waals surface area contributed by atoms with E-state index in [0.717, 1.165) is 0 Å². The van der Waals surface area contributed by atoms with Gasteiger partial charge in [0.1, 0.15) is 11.7 Å². The highest BCUT2D eigenvalue weighted by Crippen LogP contribution is 2.31. The molecule has 0 bridgehead atoms. The van der Waals surface area contributed by atoms with Gasteiger partial charge in [-0.1, -0.05) is 0 Å². The average Bonchev–Trinajstić information content (AvgIpc) is 2.65. The highest BCUT2D eigenvalue weighted by atomic mass is 16.6. The number of carboxylic acids is 1. The summed E-state index contributed by atoms with van der Waals surface area (Å²) in [7, 11) is 0. The number of rotatable bonds is 6. The van der Waals surface area contributed by atoms with Gasteiger partial charge in [0, 0.05) is 12.5 Å². The third kappa shape index (κ3) is 3.06. The standard InChI is InChI=1S/C12H16N4O4/c1-5-6-9(12(17)18)13-11-10(16(19)20)8(4)14-15(11)7(2)3/h1,7,9,13H,6H2,2-4H3,(H,17,18).